The van der Waals surface area contributed by atoms with Gasteiger partial charge in [-0.15, -0.1) is 0 Å². The Hall–Kier alpha value is -2.01. The number of benzene rings is 1. The molecule has 0 radical (unpaired) electrons. The van der Waals surface area contributed by atoms with Gasteiger partial charge in [-0.25, -0.2) is 0 Å². The average molecular weight is 275 g/mol. The van der Waals surface area contributed by atoms with E-state index in [0.29, 0.717) is 13.1 Å². The second-order valence-electron chi connectivity index (χ2n) is 4.68. The van der Waals surface area contributed by atoms with E-state index in [2.05, 4.69) is 10.4 Å². The lowest BCUT2D eigenvalue weighted by Crippen LogP contribution is -2.07. The van der Waals surface area contributed by atoms with Gasteiger partial charge in [-0.3, -0.25) is 4.68 Å². The summed E-state index contributed by atoms with van der Waals surface area (Å²) in [6.45, 7) is 5.36. The van der Waals surface area contributed by atoms with Crippen molar-refractivity contribution in [2.45, 2.75) is 26.9 Å². The summed E-state index contributed by atoms with van der Waals surface area (Å²) < 4.78 is 7.05. The minimum Gasteiger partial charge on any atom is -0.497 e. The minimum absolute atomic E-state index is 0.102. The molecule has 0 aliphatic rings. The topological polar surface area (TPSA) is 59.3 Å². The Morgan fingerprint density at radius 1 is 1.35 bits per heavy atom. The van der Waals surface area contributed by atoms with Gasteiger partial charge in [0.25, 0.3) is 0 Å². The van der Waals surface area contributed by atoms with Crippen LogP contribution in [-0.2, 0) is 13.1 Å². The lowest BCUT2D eigenvalue weighted by atomic mass is 10.2. The highest BCUT2D eigenvalue weighted by Crippen LogP contribution is 2.19. The summed E-state index contributed by atoms with van der Waals surface area (Å²) in [5.74, 6) is 0.833. The normalized spacial score (nSPS) is 10.6. The van der Waals surface area contributed by atoms with Crippen molar-refractivity contribution in [3.05, 3.63) is 41.2 Å². The first-order valence-corrected chi connectivity index (χ1v) is 6.67. The molecule has 0 spiro atoms. The number of hydrogen-bond donors (Lipinski definition) is 2. The molecule has 0 bridgehead atoms. The summed E-state index contributed by atoms with van der Waals surface area (Å²) >= 11 is 0. The largest absolute Gasteiger partial charge is 0.497 e. The van der Waals surface area contributed by atoms with Crippen LogP contribution in [0, 0.1) is 13.8 Å². The molecule has 0 aliphatic heterocycles. The highest BCUT2D eigenvalue weighted by atomic mass is 16.5. The lowest BCUT2D eigenvalue weighted by Gasteiger charge is -2.09. The SMILES string of the molecule is COc1cccc(NCc2c(C)nn(CCO)c2C)c1. The molecule has 2 rings (SSSR count). The number of nitrogens with zero attached hydrogens (tertiary/aromatic N) is 2. The van der Waals surface area contributed by atoms with Crippen LogP contribution < -0.4 is 10.1 Å². The Bertz CT molecular complexity index is 578. The number of anilines is 1. The van der Waals surface area contributed by atoms with E-state index >= 15 is 0 Å². The van der Waals surface area contributed by atoms with Gasteiger partial charge >= 0.3 is 0 Å². The Labute approximate surface area is 119 Å². The first kappa shape index (κ1) is 14.4. The van der Waals surface area contributed by atoms with E-state index in [-0.39, 0.29) is 6.61 Å². The van der Waals surface area contributed by atoms with Gasteiger partial charge in [-0.05, 0) is 26.0 Å². The van der Waals surface area contributed by atoms with Crippen molar-refractivity contribution in [3.8, 4) is 5.75 Å². The number of methoxy groups -OCH3 is 1. The van der Waals surface area contributed by atoms with Crippen LogP contribution in [0.1, 0.15) is 17.0 Å². The van der Waals surface area contributed by atoms with Crippen LogP contribution >= 0.6 is 0 Å². The van der Waals surface area contributed by atoms with Gasteiger partial charge in [0.05, 0.1) is 26.0 Å². The summed E-state index contributed by atoms with van der Waals surface area (Å²) in [6.07, 6.45) is 0. The van der Waals surface area contributed by atoms with Crippen molar-refractivity contribution >= 4 is 5.69 Å². The van der Waals surface area contributed by atoms with Crippen LogP contribution in [0.5, 0.6) is 5.75 Å². The summed E-state index contributed by atoms with van der Waals surface area (Å²) in [5, 5.41) is 16.8. The molecule has 0 unspecified atom stereocenters. The molecule has 0 amide bonds. The molecule has 0 atom stereocenters. The fourth-order valence-corrected chi connectivity index (χ4v) is 2.23. The maximum absolute atomic E-state index is 9.02. The first-order chi connectivity index (χ1) is 9.65. The molecule has 2 N–H and O–H groups in total. The zero-order valence-electron chi connectivity index (χ0n) is 12.2. The maximum Gasteiger partial charge on any atom is 0.120 e. The molecule has 0 fully saturated rings. The third-order valence-corrected chi connectivity index (χ3v) is 3.38. The average Bonchev–Trinajstić information content (AvgIpc) is 2.72. The molecule has 20 heavy (non-hydrogen) atoms. The van der Waals surface area contributed by atoms with E-state index in [1.165, 1.54) is 5.56 Å². The van der Waals surface area contributed by atoms with Crippen LogP contribution in [0.3, 0.4) is 0 Å². The van der Waals surface area contributed by atoms with Crippen molar-refractivity contribution in [1.29, 1.82) is 0 Å². The van der Waals surface area contributed by atoms with Crippen molar-refractivity contribution < 1.29 is 9.84 Å². The van der Waals surface area contributed by atoms with Crippen LogP contribution in [-0.4, -0.2) is 28.6 Å². The molecule has 0 saturated carbocycles. The standard InChI is InChI=1S/C15H21N3O2/c1-11-15(12(2)18(17-11)7-8-19)10-16-13-5-4-6-14(9-13)20-3/h4-6,9,16,19H,7-8,10H2,1-3H3. The second kappa shape index (κ2) is 6.43. The predicted octanol–water partition coefficient (Wildman–Crippen LogP) is 2.11. The minimum atomic E-state index is 0.102. The Balaban J connectivity index is 2.10. The second-order valence-corrected chi connectivity index (χ2v) is 4.68. The highest BCUT2D eigenvalue weighted by molar-refractivity contribution is 5.49. The van der Waals surface area contributed by atoms with Gasteiger partial charge in [-0.2, -0.15) is 5.10 Å². The van der Waals surface area contributed by atoms with Gasteiger partial charge in [0, 0.05) is 29.6 Å². The van der Waals surface area contributed by atoms with E-state index in [1.807, 2.05) is 42.8 Å². The number of aryl methyl sites for hydroxylation is 1. The third-order valence-electron chi connectivity index (χ3n) is 3.38. The van der Waals surface area contributed by atoms with Crippen LogP contribution in [0.4, 0.5) is 5.69 Å². The van der Waals surface area contributed by atoms with E-state index in [1.54, 1.807) is 7.11 Å². The van der Waals surface area contributed by atoms with E-state index in [4.69, 9.17) is 9.84 Å². The molecule has 5 nitrogen and oxygen atoms in total. The van der Waals surface area contributed by atoms with Gasteiger partial charge in [0.15, 0.2) is 0 Å². The fourth-order valence-electron chi connectivity index (χ4n) is 2.23. The maximum atomic E-state index is 9.02. The van der Waals surface area contributed by atoms with Gasteiger partial charge in [-0.1, -0.05) is 6.07 Å². The van der Waals surface area contributed by atoms with Crippen molar-refractivity contribution in [2.75, 3.05) is 19.0 Å². The molecule has 0 aliphatic carbocycles. The number of aliphatic hydroxyl groups is 1. The van der Waals surface area contributed by atoms with Crippen LogP contribution in [0.2, 0.25) is 0 Å². The number of ether oxygens (including phenoxy) is 1. The van der Waals surface area contributed by atoms with Crippen molar-refractivity contribution in [1.82, 2.24) is 9.78 Å². The third kappa shape index (κ3) is 3.11. The van der Waals surface area contributed by atoms with Crippen LogP contribution in [0.15, 0.2) is 24.3 Å². The Kier molecular flexibility index (Phi) is 4.63. The Morgan fingerprint density at radius 3 is 2.85 bits per heavy atom. The Morgan fingerprint density at radius 2 is 2.15 bits per heavy atom. The van der Waals surface area contributed by atoms with Crippen molar-refractivity contribution in [2.24, 2.45) is 0 Å². The van der Waals surface area contributed by atoms with Crippen LogP contribution in [0.25, 0.3) is 0 Å². The van der Waals surface area contributed by atoms with Crippen molar-refractivity contribution in [3.63, 3.8) is 0 Å². The molecule has 2 aromatic rings. The molecular weight excluding hydrogens is 254 g/mol. The molecule has 5 heteroatoms. The quantitative estimate of drug-likeness (QED) is 0.847. The zero-order chi connectivity index (χ0) is 14.5. The number of hydrogen-bond acceptors (Lipinski definition) is 4. The molecule has 1 aromatic carbocycles. The van der Waals surface area contributed by atoms with E-state index < -0.39 is 0 Å². The molecule has 108 valence electrons. The number of aliphatic hydroxyl groups excluding tert-OH is 1. The fraction of sp³-hybridized carbons (Fsp3) is 0.400. The van der Waals surface area contributed by atoms with E-state index in [0.717, 1.165) is 22.8 Å². The predicted molar refractivity (Wildman–Crippen MR) is 79.1 cm³/mol. The van der Waals surface area contributed by atoms with Gasteiger partial charge in [0.2, 0.25) is 0 Å². The van der Waals surface area contributed by atoms with Gasteiger partial charge in [0.1, 0.15) is 5.75 Å². The summed E-state index contributed by atoms with van der Waals surface area (Å²) in [5.41, 5.74) is 4.26. The lowest BCUT2D eigenvalue weighted by molar-refractivity contribution is 0.268. The summed E-state index contributed by atoms with van der Waals surface area (Å²) in [7, 11) is 1.66. The summed E-state index contributed by atoms with van der Waals surface area (Å²) in [4.78, 5) is 0. The molecule has 0 saturated heterocycles. The smallest absolute Gasteiger partial charge is 0.120 e. The number of aromatic nitrogens is 2. The number of nitrogens with one attached hydrogen (secondary N) is 1. The number of rotatable bonds is 6. The molecule has 1 aromatic heterocycles. The zero-order valence-corrected chi connectivity index (χ0v) is 12.2. The monoisotopic (exact) mass is 275 g/mol. The van der Waals surface area contributed by atoms with Gasteiger partial charge < -0.3 is 15.2 Å². The highest BCUT2D eigenvalue weighted by Gasteiger charge is 2.10. The first-order valence-electron chi connectivity index (χ1n) is 6.67. The van der Waals surface area contributed by atoms with E-state index in [9.17, 15) is 0 Å². The molecular formula is C15H21N3O2. The summed E-state index contributed by atoms with van der Waals surface area (Å²) in [6, 6.07) is 7.84. The molecule has 1 heterocycles.